The molecular formula is C12H11F3O2. The zero-order valence-corrected chi connectivity index (χ0v) is 9.17. The molecule has 0 aromatic heterocycles. The van der Waals surface area contributed by atoms with Crippen LogP contribution >= 0.6 is 0 Å². The fourth-order valence-electron chi connectivity index (χ4n) is 1.95. The lowest BCUT2D eigenvalue weighted by Gasteiger charge is -2.15. The van der Waals surface area contributed by atoms with Gasteiger partial charge in [-0.3, -0.25) is 4.79 Å². The lowest BCUT2D eigenvalue weighted by molar-refractivity contribution is -0.143. The third-order valence-corrected chi connectivity index (χ3v) is 2.90. The Morgan fingerprint density at radius 2 is 1.82 bits per heavy atom. The van der Waals surface area contributed by atoms with Crippen molar-refractivity contribution in [3.63, 3.8) is 0 Å². The van der Waals surface area contributed by atoms with Gasteiger partial charge in [0.05, 0.1) is 13.0 Å². The van der Waals surface area contributed by atoms with Crippen molar-refractivity contribution in [3.05, 3.63) is 35.1 Å². The third kappa shape index (κ3) is 2.28. The highest BCUT2D eigenvalue weighted by atomic mass is 19.1. The molecule has 1 aromatic rings. The molecular weight excluding hydrogens is 233 g/mol. The predicted molar refractivity (Wildman–Crippen MR) is 53.8 cm³/mol. The van der Waals surface area contributed by atoms with Gasteiger partial charge in [-0.05, 0) is 18.8 Å². The minimum Gasteiger partial charge on any atom is -0.469 e. The van der Waals surface area contributed by atoms with E-state index in [0.717, 1.165) is 20.0 Å². The molecule has 1 aliphatic rings. The minimum atomic E-state index is -1.04. The van der Waals surface area contributed by atoms with Crippen molar-refractivity contribution in [2.24, 2.45) is 5.92 Å². The second-order valence-corrected chi connectivity index (χ2v) is 4.12. The molecule has 5 heteroatoms. The fourth-order valence-corrected chi connectivity index (χ4v) is 1.95. The van der Waals surface area contributed by atoms with Gasteiger partial charge in [0.1, 0.15) is 17.5 Å². The van der Waals surface area contributed by atoms with E-state index < -0.39 is 29.3 Å². The molecule has 0 amide bonds. The first-order chi connectivity index (χ1) is 8.04. The zero-order valence-electron chi connectivity index (χ0n) is 9.17. The number of ether oxygens (including phenoxy) is 1. The number of carbonyl (C=O) groups excluding carboxylic acids is 1. The number of hydrogen-bond acceptors (Lipinski definition) is 2. The van der Waals surface area contributed by atoms with Gasteiger partial charge in [-0.25, -0.2) is 13.2 Å². The molecule has 1 unspecified atom stereocenters. The summed E-state index contributed by atoms with van der Waals surface area (Å²) in [5.41, 5.74) is -0.388. The molecule has 0 saturated heterocycles. The topological polar surface area (TPSA) is 26.3 Å². The van der Waals surface area contributed by atoms with Crippen LogP contribution in [0.25, 0.3) is 0 Å². The average molecular weight is 244 g/mol. The summed E-state index contributed by atoms with van der Waals surface area (Å²) in [5.74, 6) is -4.84. The van der Waals surface area contributed by atoms with E-state index in [1.807, 2.05) is 0 Å². The first-order valence-electron chi connectivity index (χ1n) is 5.27. The zero-order chi connectivity index (χ0) is 12.6. The molecule has 17 heavy (non-hydrogen) atoms. The second-order valence-electron chi connectivity index (χ2n) is 4.12. The summed E-state index contributed by atoms with van der Waals surface area (Å²) in [6.07, 6.45) is 1.44. The number of methoxy groups -OCH3 is 1. The number of halogens is 3. The smallest absolute Gasteiger partial charge is 0.313 e. The van der Waals surface area contributed by atoms with Crippen LogP contribution in [-0.2, 0) is 9.53 Å². The van der Waals surface area contributed by atoms with Crippen LogP contribution in [0.2, 0.25) is 0 Å². The highest BCUT2D eigenvalue weighted by molar-refractivity contribution is 5.79. The Balaban J connectivity index is 2.46. The number of benzene rings is 1. The third-order valence-electron chi connectivity index (χ3n) is 2.90. The number of esters is 1. The Kier molecular flexibility index (Phi) is 3.09. The lowest BCUT2D eigenvalue weighted by Crippen LogP contribution is -2.19. The highest BCUT2D eigenvalue weighted by Crippen LogP contribution is 2.44. The van der Waals surface area contributed by atoms with Gasteiger partial charge in [0, 0.05) is 17.7 Å². The normalized spacial score (nSPS) is 16.7. The van der Waals surface area contributed by atoms with Crippen molar-refractivity contribution in [1.82, 2.24) is 0 Å². The van der Waals surface area contributed by atoms with Crippen molar-refractivity contribution < 1.29 is 22.7 Å². The summed E-state index contributed by atoms with van der Waals surface area (Å²) < 4.78 is 44.4. The van der Waals surface area contributed by atoms with E-state index in [4.69, 9.17) is 0 Å². The summed E-state index contributed by atoms with van der Waals surface area (Å²) in [4.78, 5) is 11.5. The van der Waals surface area contributed by atoms with Gasteiger partial charge in [0.25, 0.3) is 0 Å². The molecule has 1 aliphatic carbocycles. The molecule has 0 radical (unpaired) electrons. The summed E-state index contributed by atoms with van der Waals surface area (Å²) in [6, 6.07) is 1.16. The van der Waals surface area contributed by atoms with Crippen LogP contribution in [0.4, 0.5) is 13.2 Å². The SMILES string of the molecule is COC(=O)C(c1c(F)cc(F)cc1F)C1CC1. The molecule has 0 heterocycles. The van der Waals surface area contributed by atoms with E-state index in [2.05, 4.69) is 4.74 Å². The molecule has 0 N–H and O–H groups in total. The van der Waals surface area contributed by atoms with Crippen LogP contribution in [0.3, 0.4) is 0 Å². The molecule has 2 rings (SSSR count). The van der Waals surface area contributed by atoms with Crippen molar-refractivity contribution in [2.45, 2.75) is 18.8 Å². The molecule has 1 aromatic carbocycles. The molecule has 0 aliphatic heterocycles. The summed E-state index contributed by atoms with van der Waals surface area (Å²) in [5, 5.41) is 0. The quantitative estimate of drug-likeness (QED) is 0.764. The van der Waals surface area contributed by atoms with Crippen LogP contribution in [0.5, 0.6) is 0 Å². The number of hydrogen-bond donors (Lipinski definition) is 0. The fraction of sp³-hybridized carbons (Fsp3) is 0.417. The Labute approximate surface area is 96.4 Å². The van der Waals surface area contributed by atoms with E-state index in [-0.39, 0.29) is 11.5 Å². The van der Waals surface area contributed by atoms with Gasteiger partial charge in [0.2, 0.25) is 0 Å². The van der Waals surface area contributed by atoms with Crippen molar-refractivity contribution >= 4 is 5.97 Å². The van der Waals surface area contributed by atoms with E-state index in [0.29, 0.717) is 12.1 Å². The summed E-state index contributed by atoms with van der Waals surface area (Å²) in [6.45, 7) is 0. The van der Waals surface area contributed by atoms with Crippen LogP contribution in [0, 0.1) is 23.4 Å². The monoisotopic (exact) mass is 244 g/mol. The maximum atomic E-state index is 13.6. The average Bonchev–Trinajstić information content (AvgIpc) is 3.05. The van der Waals surface area contributed by atoms with Crippen LogP contribution in [0.1, 0.15) is 24.3 Å². The maximum Gasteiger partial charge on any atom is 0.313 e. The van der Waals surface area contributed by atoms with E-state index in [1.165, 1.54) is 0 Å². The summed E-state index contributed by atoms with van der Waals surface area (Å²) in [7, 11) is 1.16. The molecule has 92 valence electrons. The van der Waals surface area contributed by atoms with Crippen LogP contribution in [0.15, 0.2) is 12.1 Å². The maximum absolute atomic E-state index is 13.6. The molecule has 1 saturated carbocycles. The molecule has 2 nitrogen and oxygen atoms in total. The predicted octanol–water partition coefficient (Wildman–Crippen LogP) is 2.77. The number of rotatable bonds is 3. The van der Waals surface area contributed by atoms with Crippen molar-refractivity contribution in [3.8, 4) is 0 Å². The van der Waals surface area contributed by atoms with E-state index >= 15 is 0 Å². The minimum absolute atomic E-state index is 0.114. The van der Waals surface area contributed by atoms with Gasteiger partial charge in [0.15, 0.2) is 0 Å². The largest absolute Gasteiger partial charge is 0.469 e. The highest BCUT2D eigenvalue weighted by Gasteiger charge is 2.41. The second kappa shape index (κ2) is 4.39. The summed E-state index contributed by atoms with van der Waals surface area (Å²) >= 11 is 0. The van der Waals surface area contributed by atoms with E-state index in [9.17, 15) is 18.0 Å². The van der Waals surface area contributed by atoms with Gasteiger partial charge in [-0.15, -0.1) is 0 Å². The Hall–Kier alpha value is -1.52. The molecule has 1 fully saturated rings. The Bertz CT molecular complexity index is 432. The standard InChI is InChI=1S/C12H11F3O2/c1-17-12(16)10(6-2-3-6)11-8(14)4-7(13)5-9(11)15/h4-6,10H,2-3H2,1H3. The Morgan fingerprint density at radius 3 is 2.24 bits per heavy atom. The first kappa shape index (κ1) is 12.0. The lowest BCUT2D eigenvalue weighted by atomic mass is 9.93. The van der Waals surface area contributed by atoms with Crippen molar-refractivity contribution in [1.29, 1.82) is 0 Å². The molecule has 1 atom stereocenters. The van der Waals surface area contributed by atoms with Crippen molar-refractivity contribution in [2.75, 3.05) is 7.11 Å². The Morgan fingerprint density at radius 1 is 1.29 bits per heavy atom. The van der Waals surface area contributed by atoms with E-state index in [1.54, 1.807) is 0 Å². The van der Waals surface area contributed by atoms with Crippen LogP contribution in [-0.4, -0.2) is 13.1 Å². The van der Waals surface area contributed by atoms with Crippen LogP contribution < -0.4 is 0 Å². The van der Waals surface area contributed by atoms with Gasteiger partial charge < -0.3 is 4.74 Å². The number of carbonyl (C=O) groups is 1. The molecule has 0 spiro atoms. The first-order valence-corrected chi connectivity index (χ1v) is 5.27. The van der Waals surface area contributed by atoms with Gasteiger partial charge >= 0.3 is 5.97 Å². The van der Waals surface area contributed by atoms with Gasteiger partial charge in [-0.1, -0.05) is 0 Å². The molecule has 0 bridgehead atoms. The van der Waals surface area contributed by atoms with Gasteiger partial charge in [-0.2, -0.15) is 0 Å².